The molecule has 0 spiro atoms. The van der Waals surface area contributed by atoms with Gasteiger partial charge in [-0.05, 0) is 13.8 Å². The summed E-state index contributed by atoms with van der Waals surface area (Å²) in [6, 6.07) is 0. The highest BCUT2D eigenvalue weighted by molar-refractivity contribution is 7.90. The Hall–Kier alpha value is -0.700. The van der Waals surface area contributed by atoms with Crippen LogP contribution in [0.3, 0.4) is 0 Å². The molecular formula is C7H15NO6S. The van der Waals surface area contributed by atoms with Crippen molar-refractivity contribution in [3.8, 4) is 0 Å². The van der Waals surface area contributed by atoms with Crippen LogP contribution in [0.15, 0.2) is 0 Å². The molecule has 0 fully saturated rings. The standard InChI is InChI=1S/C7H15NO6S/c1-5(6(10)11)15(13,14)8-3-7(2,12)4-9/h5,8-9,12H,3-4H2,1-2H3,(H,10,11). The molecule has 8 heteroatoms. The molecule has 15 heavy (non-hydrogen) atoms. The quantitative estimate of drug-likeness (QED) is 0.431. The van der Waals surface area contributed by atoms with Crippen LogP contribution in [0, 0.1) is 0 Å². The van der Waals surface area contributed by atoms with Gasteiger partial charge in [-0.1, -0.05) is 0 Å². The maximum absolute atomic E-state index is 11.2. The van der Waals surface area contributed by atoms with E-state index in [1.807, 2.05) is 4.72 Å². The highest BCUT2D eigenvalue weighted by atomic mass is 32.2. The summed E-state index contributed by atoms with van der Waals surface area (Å²) in [5.41, 5.74) is -1.61. The smallest absolute Gasteiger partial charge is 0.323 e. The van der Waals surface area contributed by atoms with Crippen LogP contribution < -0.4 is 4.72 Å². The number of carboxylic acids is 1. The van der Waals surface area contributed by atoms with Crippen molar-refractivity contribution in [2.45, 2.75) is 24.7 Å². The minimum Gasteiger partial charge on any atom is -0.480 e. The molecule has 0 heterocycles. The van der Waals surface area contributed by atoms with Gasteiger partial charge in [-0.25, -0.2) is 13.1 Å². The molecule has 0 aliphatic carbocycles. The first-order valence-electron chi connectivity index (χ1n) is 4.17. The van der Waals surface area contributed by atoms with E-state index in [4.69, 9.17) is 10.2 Å². The van der Waals surface area contributed by atoms with Gasteiger partial charge < -0.3 is 15.3 Å². The Labute approximate surface area is 87.8 Å². The lowest BCUT2D eigenvalue weighted by atomic mass is 10.1. The summed E-state index contributed by atoms with van der Waals surface area (Å²) in [4.78, 5) is 10.4. The SMILES string of the molecule is CC(C(=O)O)S(=O)(=O)NCC(C)(O)CO. The number of aliphatic carboxylic acids is 1. The van der Waals surface area contributed by atoms with Gasteiger partial charge in [0.05, 0.1) is 12.2 Å². The molecule has 4 N–H and O–H groups in total. The third-order valence-corrected chi connectivity index (χ3v) is 3.49. The second-order valence-electron chi connectivity index (χ2n) is 3.50. The van der Waals surface area contributed by atoms with Crippen molar-refractivity contribution < 1.29 is 28.5 Å². The Morgan fingerprint density at radius 3 is 2.33 bits per heavy atom. The zero-order chi connectivity index (χ0) is 12.3. The predicted molar refractivity (Wildman–Crippen MR) is 51.7 cm³/mol. The van der Waals surface area contributed by atoms with Crippen LogP contribution in [-0.4, -0.2) is 53.7 Å². The van der Waals surface area contributed by atoms with Crippen LogP contribution in [0.5, 0.6) is 0 Å². The number of aliphatic hydroxyl groups is 2. The average molecular weight is 241 g/mol. The lowest BCUT2D eigenvalue weighted by Gasteiger charge is -2.21. The number of hydrogen-bond donors (Lipinski definition) is 4. The van der Waals surface area contributed by atoms with Crippen molar-refractivity contribution in [2.75, 3.05) is 13.2 Å². The minimum atomic E-state index is -4.02. The van der Waals surface area contributed by atoms with Crippen molar-refractivity contribution in [1.29, 1.82) is 0 Å². The Morgan fingerprint density at radius 1 is 1.53 bits per heavy atom. The van der Waals surface area contributed by atoms with E-state index in [0.29, 0.717) is 0 Å². The largest absolute Gasteiger partial charge is 0.480 e. The lowest BCUT2D eigenvalue weighted by molar-refractivity contribution is -0.136. The molecule has 0 aromatic rings. The second kappa shape index (κ2) is 4.88. The molecule has 0 rings (SSSR count). The normalized spacial score (nSPS) is 18.1. The maximum atomic E-state index is 11.2. The first-order chi connectivity index (χ1) is 6.62. The van der Waals surface area contributed by atoms with Gasteiger partial charge in [-0.2, -0.15) is 0 Å². The first kappa shape index (κ1) is 14.3. The number of nitrogens with one attached hydrogen (secondary N) is 1. The fourth-order valence-electron chi connectivity index (χ4n) is 0.570. The van der Waals surface area contributed by atoms with Crippen LogP contribution in [0.4, 0.5) is 0 Å². The van der Waals surface area contributed by atoms with Crippen molar-refractivity contribution in [1.82, 2.24) is 4.72 Å². The third-order valence-electron chi connectivity index (χ3n) is 1.81. The van der Waals surface area contributed by atoms with Crippen molar-refractivity contribution in [3.63, 3.8) is 0 Å². The van der Waals surface area contributed by atoms with Gasteiger partial charge in [0.1, 0.15) is 0 Å². The fourth-order valence-corrected chi connectivity index (χ4v) is 1.60. The van der Waals surface area contributed by atoms with Gasteiger partial charge in [-0.15, -0.1) is 0 Å². The topological polar surface area (TPSA) is 124 Å². The molecule has 0 amide bonds. The van der Waals surface area contributed by atoms with Crippen molar-refractivity contribution in [2.24, 2.45) is 0 Å². The molecule has 0 bridgehead atoms. The van der Waals surface area contributed by atoms with E-state index in [2.05, 4.69) is 0 Å². The van der Waals surface area contributed by atoms with Crippen LogP contribution >= 0.6 is 0 Å². The summed E-state index contributed by atoms with van der Waals surface area (Å²) in [5, 5.41) is 24.8. The summed E-state index contributed by atoms with van der Waals surface area (Å²) < 4.78 is 24.4. The van der Waals surface area contributed by atoms with E-state index < -0.39 is 40.0 Å². The molecule has 0 aromatic carbocycles. The predicted octanol–water partition coefficient (Wildman–Crippen LogP) is -1.88. The van der Waals surface area contributed by atoms with Crippen LogP contribution in [0.2, 0.25) is 0 Å². The van der Waals surface area contributed by atoms with E-state index in [1.165, 1.54) is 6.92 Å². The van der Waals surface area contributed by atoms with Gasteiger partial charge in [0, 0.05) is 6.54 Å². The van der Waals surface area contributed by atoms with Gasteiger partial charge in [0.2, 0.25) is 10.0 Å². The van der Waals surface area contributed by atoms with Gasteiger partial charge >= 0.3 is 5.97 Å². The first-order valence-corrected chi connectivity index (χ1v) is 5.71. The number of rotatable bonds is 6. The van der Waals surface area contributed by atoms with Gasteiger partial charge in [0.25, 0.3) is 0 Å². The molecule has 0 aromatic heterocycles. The summed E-state index contributed by atoms with van der Waals surface area (Å²) in [6.45, 7) is 1.17. The monoisotopic (exact) mass is 241 g/mol. The molecule has 90 valence electrons. The second-order valence-corrected chi connectivity index (χ2v) is 5.59. The Bertz CT molecular complexity index is 322. The molecule has 7 nitrogen and oxygen atoms in total. The van der Waals surface area contributed by atoms with E-state index in [-0.39, 0.29) is 0 Å². The zero-order valence-corrected chi connectivity index (χ0v) is 9.28. The molecule has 2 atom stereocenters. The molecule has 2 unspecified atom stereocenters. The van der Waals surface area contributed by atoms with Gasteiger partial charge in [-0.3, -0.25) is 4.79 Å². The Kier molecular flexibility index (Phi) is 4.65. The summed E-state index contributed by atoms with van der Waals surface area (Å²) in [6.07, 6.45) is 0. The number of aliphatic hydroxyl groups excluding tert-OH is 1. The lowest BCUT2D eigenvalue weighted by Crippen LogP contribution is -2.47. The molecular weight excluding hydrogens is 226 g/mol. The zero-order valence-electron chi connectivity index (χ0n) is 8.47. The van der Waals surface area contributed by atoms with Crippen molar-refractivity contribution >= 4 is 16.0 Å². The summed E-state index contributed by atoms with van der Waals surface area (Å²) >= 11 is 0. The number of carboxylic acid groups (broad SMARTS) is 1. The van der Waals surface area contributed by atoms with E-state index in [0.717, 1.165) is 6.92 Å². The third kappa shape index (κ3) is 4.56. The van der Waals surface area contributed by atoms with Gasteiger partial charge in [0.15, 0.2) is 5.25 Å². The fraction of sp³-hybridized carbons (Fsp3) is 0.857. The molecule has 0 aliphatic heterocycles. The average Bonchev–Trinajstić information content (AvgIpc) is 2.14. The molecule has 0 saturated carbocycles. The highest BCUT2D eigenvalue weighted by Gasteiger charge is 2.30. The van der Waals surface area contributed by atoms with Crippen LogP contribution in [0.25, 0.3) is 0 Å². The highest BCUT2D eigenvalue weighted by Crippen LogP contribution is 2.03. The maximum Gasteiger partial charge on any atom is 0.323 e. The minimum absolute atomic E-state index is 0.441. The Morgan fingerprint density at radius 2 is 2.00 bits per heavy atom. The number of carbonyl (C=O) groups is 1. The van der Waals surface area contributed by atoms with Crippen molar-refractivity contribution in [3.05, 3.63) is 0 Å². The summed E-state index contributed by atoms with van der Waals surface area (Å²) in [7, 11) is -4.02. The molecule has 0 radical (unpaired) electrons. The van der Waals surface area contributed by atoms with E-state index in [1.54, 1.807) is 0 Å². The van der Waals surface area contributed by atoms with E-state index >= 15 is 0 Å². The number of hydrogen-bond acceptors (Lipinski definition) is 5. The number of sulfonamides is 1. The molecule has 0 aliphatic rings. The Balaban J connectivity index is 4.48. The molecule has 0 saturated heterocycles. The van der Waals surface area contributed by atoms with Crippen LogP contribution in [-0.2, 0) is 14.8 Å². The summed E-state index contributed by atoms with van der Waals surface area (Å²) in [5.74, 6) is -1.48. The van der Waals surface area contributed by atoms with Crippen LogP contribution in [0.1, 0.15) is 13.8 Å². The van der Waals surface area contributed by atoms with E-state index in [9.17, 15) is 18.3 Å².